The molecule has 2 heteroatoms. The van der Waals surface area contributed by atoms with Gasteiger partial charge in [0.2, 0.25) is 0 Å². The van der Waals surface area contributed by atoms with Crippen molar-refractivity contribution in [1.82, 2.24) is 0 Å². The molecule has 11 rings (SSSR count). The summed E-state index contributed by atoms with van der Waals surface area (Å²) in [5, 5.41) is 2.48. The minimum absolute atomic E-state index is 0.231. The number of hydrogen-bond acceptors (Lipinski definition) is 2. The Bertz CT molecular complexity index is 2950. The smallest absolute Gasteiger partial charge is 0.0701 e. The van der Waals surface area contributed by atoms with Crippen LogP contribution in [0, 0.1) is 0 Å². The minimum atomic E-state index is 0.231. The van der Waals surface area contributed by atoms with E-state index in [1.54, 1.807) is 0 Å². The number of anilines is 5. The van der Waals surface area contributed by atoms with Crippen LogP contribution in [0.3, 0.4) is 0 Å². The van der Waals surface area contributed by atoms with E-state index in [-0.39, 0.29) is 6.04 Å². The molecule has 2 nitrogen and oxygen atoms in total. The fourth-order valence-electron chi connectivity index (χ4n) is 9.20. The predicted molar refractivity (Wildman–Crippen MR) is 244 cm³/mol. The quantitative estimate of drug-likeness (QED) is 0.161. The van der Waals surface area contributed by atoms with Gasteiger partial charge < -0.3 is 9.80 Å². The van der Waals surface area contributed by atoms with Gasteiger partial charge in [-0.25, -0.2) is 0 Å². The number of fused-ring (bicyclic) bond motifs is 6. The van der Waals surface area contributed by atoms with Crippen LogP contribution in [-0.2, 0) is 0 Å². The maximum Gasteiger partial charge on any atom is 0.0701 e. The first-order valence-electron chi connectivity index (χ1n) is 20.2. The lowest BCUT2D eigenvalue weighted by Gasteiger charge is -2.33. The largest absolute Gasteiger partial charge is 0.333 e. The molecule has 1 aliphatic heterocycles. The van der Waals surface area contributed by atoms with Crippen molar-refractivity contribution in [3.63, 3.8) is 0 Å². The molecule has 0 radical (unpaired) electrons. The summed E-state index contributed by atoms with van der Waals surface area (Å²) in [6.45, 7) is 0. The molecule has 0 saturated heterocycles. The van der Waals surface area contributed by atoms with E-state index in [0.717, 1.165) is 17.1 Å². The summed E-state index contributed by atoms with van der Waals surface area (Å²) >= 11 is 0. The van der Waals surface area contributed by atoms with Crippen molar-refractivity contribution >= 4 is 45.3 Å². The van der Waals surface area contributed by atoms with Gasteiger partial charge >= 0.3 is 0 Å². The molecule has 0 amide bonds. The third-order valence-electron chi connectivity index (χ3n) is 12.0. The standard InChI is InChI=1S/C56H40N2/c1-2-12-39(13-3-1)41-24-31-47(32-25-41)57(54-20-10-8-17-50(54)46-23-22-40-14-4-5-16-45(40)38-46)48-33-26-42(27-34-48)43-28-35-49(36-29-43)58-55-21-11-9-19-52(55)53-37-30-44-15-6-7-18-51(44)56(53)58/h1-38,53,56H. The highest BCUT2D eigenvalue weighted by atomic mass is 15.2. The Morgan fingerprint density at radius 3 is 1.69 bits per heavy atom. The molecule has 0 bridgehead atoms. The lowest BCUT2D eigenvalue weighted by atomic mass is 9.83. The summed E-state index contributed by atoms with van der Waals surface area (Å²) < 4.78 is 0. The Hall–Kier alpha value is -7.42. The summed E-state index contributed by atoms with van der Waals surface area (Å²) in [6.07, 6.45) is 4.69. The first kappa shape index (κ1) is 33.9. The third-order valence-corrected chi connectivity index (χ3v) is 12.0. The van der Waals surface area contributed by atoms with E-state index in [1.165, 1.54) is 72.2 Å². The molecule has 0 fully saturated rings. The van der Waals surface area contributed by atoms with Crippen molar-refractivity contribution < 1.29 is 0 Å². The van der Waals surface area contributed by atoms with Crippen LogP contribution >= 0.6 is 0 Å². The second-order valence-corrected chi connectivity index (χ2v) is 15.3. The van der Waals surface area contributed by atoms with Crippen molar-refractivity contribution in [1.29, 1.82) is 0 Å². The van der Waals surface area contributed by atoms with Gasteiger partial charge in [-0.1, -0.05) is 176 Å². The van der Waals surface area contributed by atoms with Crippen molar-refractivity contribution in [2.24, 2.45) is 0 Å². The molecule has 0 aromatic heterocycles. The van der Waals surface area contributed by atoms with Crippen molar-refractivity contribution in [3.05, 3.63) is 241 Å². The Kier molecular flexibility index (Phi) is 8.33. The average molecular weight is 741 g/mol. The van der Waals surface area contributed by atoms with E-state index in [2.05, 4.69) is 240 Å². The van der Waals surface area contributed by atoms with Gasteiger partial charge in [-0.2, -0.15) is 0 Å². The fraction of sp³-hybridized carbons (Fsp3) is 0.0357. The molecular formula is C56H40N2. The molecule has 1 aliphatic carbocycles. The number of nitrogens with zero attached hydrogens (tertiary/aromatic N) is 2. The highest BCUT2D eigenvalue weighted by molar-refractivity contribution is 5.93. The average Bonchev–Trinajstić information content (AvgIpc) is 3.65. The molecule has 0 N–H and O–H groups in total. The number of rotatable bonds is 7. The first-order chi connectivity index (χ1) is 28.8. The maximum absolute atomic E-state index is 2.54. The molecule has 9 aromatic rings. The second-order valence-electron chi connectivity index (χ2n) is 15.3. The van der Waals surface area contributed by atoms with Gasteiger partial charge in [-0.3, -0.25) is 0 Å². The molecule has 274 valence electrons. The molecule has 9 aromatic carbocycles. The van der Waals surface area contributed by atoms with Gasteiger partial charge in [-0.05, 0) is 110 Å². The minimum Gasteiger partial charge on any atom is -0.333 e. The zero-order valence-electron chi connectivity index (χ0n) is 32.0. The van der Waals surface area contributed by atoms with Crippen molar-refractivity contribution in [2.75, 3.05) is 9.80 Å². The zero-order valence-corrected chi connectivity index (χ0v) is 32.0. The maximum atomic E-state index is 2.54. The van der Waals surface area contributed by atoms with Crippen LogP contribution in [0.15, 0.2) is 224 Å². The van der Waals surface area contributed by atoms with Gasteiger partial charge in [0.1, 0.15) is 0 Å². The predicted octanol–water partition coefficient (Wildman–Crippen LogP) is 15.3. The Labute approximate surface area is 340 Å². The molecule has 1 heterocycles. The van der Waals surface area contributed by atoms with Crippen LogP contribution in [0.5, 0.6) is 0 Å². The molecule has 58 heavy (non-hydrogen) atoms. The van der Waals surface area contributed by atoms with Crippen LogP contribution in [-0.4, -0.2) is 0 Å². The van der Waals surface area contributed by atoms with Gasteiger partial charge in [-0.15, -0.1) is 0 Å². The normalized spacial score (nSPS) is 15.1. The molecule has 2 unspecified atom stereocenters. The highest BCUT2D eigenvalue weighted by Crippen LogP contribution is 2.55. The molecule has 2 aliphatic rings. The molecular weight excluding hydrogens is 701 g/mol. The van der Waals surface area contributed by atoms with Gasteiger partial charge in [0.05, 0.1) is 11.7 Å². The van der Waals surface area contributed by atoms with E-state index >= 15 is 0 Å². The number of para-hydroxylation sites is 2. The summed E-state index contributed by atoms with van der Waals surface area (Å²) in [5.41, 5.74) is 17.1. The molecule has 0 spiro atoms. The SMILES string of the molecule is C1=CC2c3ccccc3N(c3ccc(-c4ccc(N(c5ccc(-c6ccccc6)cc5)c5ccccc5-c5ccc6ccccc6c5)cc4)cc3)C2c2ccccc21. The van der Waals surface area contributed by atoms with Crippen LogP contribution in [0.25, 0.3) is 50.2 Å². The van der Waals surface area contributed by atoms with E-state index in [1.807, 2.05) is 0 Å². The van der Waals surface area contributed by atoms with E-state index < -0.39 is 0 Å². The Morgan fingerprint density at radius 2 is 0.948 bits per heavy atom. The number of hydrogen-bond donors (Lipinski definition) is 0. The van der Waals surface area contributed by atoms with Crippen LogP contribution in [0.4, 0.5) is 28.4 Å². The van der Waals surface area contributed by atoms with Crippen LogP contribution < -0.4 is 9.80 Å². The topological polar surface area (TPSA) is 6.48 Å². The Balaban J connectivity index is 0.957. The zero-order chi connectivity index (χ0) is 38.4. The van der Waals surface area contributed by atoms with Crippen LogP contribution in [0.2, 0.25) is 0 Å². The molecule has 0 saturated carbocycles. The molecule has 2 atom stereocenters. The van der Waals surface area contributed by atoms with Gasteiger partial charge in [0.25, 0.3) is 0 Å². The summed E-state index contributed by atoms with van der Waals surface area (Å²) in [4.78, 5) is 4.94. The second kappa shape index (κ2) is 14.3. The Morgan fingerprint density at radius 1 is 0.397 bits per heavy atom. The van der Waals surface area contributed by atoms with E-state index in [9.17, 15) is 0 Å². The fourth-order valence-corrected chi connectivity index (χ4v) is 9.20. The summed E-state index contributed by atoms with van der Waals surface area (Å²) in [6, 6.07) is 79.8. The van der Waals surface area contributed by atoms with Crippen molar-refractivity contribution in [2.45, 2.75) is 12.0 Å². The lowest BCUT2D eigenvalue weighted by molar-refractivity contribution is 0.667. The van der Waals surface area contributed by atoms with Crippen LogP contribution in [0.1, 0.15) is 28.7 Å². The van der Waals surface area contributed by atoms with E-state index in [4.69, 9.17) is 0 Å². The van der Waals surface area contributed by atoms with Gasteiger partial charge in [0, 0.05) is 34.2 Å². The first-order valence-corrected chi connectivity index (χ1v) is 20.2. The number of benzene rings is 9. The lowest BCUT2D eigenvalue weighted by Crippen LogP contribution is -2.23. The third kappa shape index (κ3) is 5.90. The monoisotopic (exact) mass is 740 g/mol. The van der Waals surface area contributed by atoms with E-state index in [0.29, 0.717) is 5.92 Å². The highest BCUT2D eigenvalue weighted by Gasteiger charge is 2.41. The summed E-state index contributed by atoms with van der Waals surface area (Å²) in [5.74, 6) is 0.321. The van der Waals surface area contributed by atoms with Crippen molar-refractivity contribution in [3.8, 4) is 33.4 Å². The van der Waals surface area contributed by atoms with Gasteiger partial charge in [0.15, 0.2) is 0 Å². The summed E-state index contributed by atoms with van der Waals surface area (Å²) in [7, 11) is 0.